The molecular weight excluding hydrogens is 350 g/mol. The second-order valence-electron chi connectivity index (χ2n) is 7.60. The Bertz CT molecular complexity index is 336. The number of carboxylic acid groups (broad SMARTS) is 1. The molecule has 0 spiro atoms. The minimum absolute atomic E-state index is 0. The summed E-state index contributed by atoms with van der Waals surface area (Å²) in [6, 6.07) is -0.582. The molecule has 1 atom stereocenters. The Morgan fingerprint density at radius 2 is 1.31 bits per heavy atom. The predicted molar refractivity (Wildman–Crippen MR) is 114 cm³/mol. The molecule has 0 aromatic heterocycles. The maximum Gasteiger partial charge on any atom is 0.321 e. The summed E-state index contributed by atoms with van der Waals surface area (Å²) in [4.78, 5) is 13.6. The van der Waals surface area contributed by atoms with Gasteiger partial charge in [-0.3, -0.25) is 9.69 Å². The Balaban J connectivity index is 0. The maximum absolute atomic E-state index is 11.8. The molecule has 0 bridgehead atoms. The zero-order valence-corrected chi connectivity index (χ0v) is 18.2. The fraction of sp³-hybridized carbons (Fsp3) is 0.950. The lowest BCUT2D eigenvalue weighted by Gasteiger charge is -2.39. The molecule has 26 heavy (non-hydrogen) atoms. The summed E-state index contributed by atoms with van der Waals surface area (Å²) in [6.07, 6.45) is 14.5. The highest BCUT2D eigenvalue weighted by Crippen LogP contribution is 2.18. The third-order valence-corrected chi connectivity index (χ3v) is 4.86. The molecule has 158 valence electrons. The summed E-state index contributed by atoms with van der Waals surface area (Å²) < 4.78 is 0. The molecule has 0 aliphatic rings. The number of nitrogens with zero attached hydrogens (tertiary/aromatic N) is 1. The monoisotopic (exact) mass is 393 g/mol. The number of carbonyl (C=O) groups is 1. The first kappa shape index (κ1) is 27.9. The van der Waals surface area contributed by atoms with Gasteiger partial charge in [-0.1, -0.05) is 84.5 Å². The van der Waals surface area contributed by atoms with E-state index in [1.165, 1.54) is 51.4 Å². The van der Waals surface area contributed by atoms with Crippen LogP contribution in [0.1, 0.15) is 104 Å². The number of rotatable bonds is 17. The van der Waals surface area contributed by atoms with Gasteiger partial charge in [-0.25, -0.2) is 0 Å². The van der Waals surface area contributed by atoms with Crippen molar-refractivity contribution >= 4 is 18.4 Å². The van der Waals surface area contributed by atoms with Crippen LogP contribution in [-0.2, 0) is 4.79 Å². The van der Waals surface area contributed by atoms with Crippen molar-refractivity contribution in [1.82, 2.24) is 4.90 Å². The van der Waals surface area contributed by atoms with Crippen molar-refractivity contribution in [2.75, 3.05) is 6.54 Å². The Morgan fingerprint density at radius 3 is 1.73 bits per heavy atom. The second-order valence-corrected chi connectivity index (χ2v) is 7.60. The molecular formula is C20H44ClN3O2. The lowest BCUT2D eigenvalue weighted by molar-refractivity contribution is -0.146. The van der Waals surface area contributed by atoms with Gasteiger partial charge in [-0.2, -0.15) is 0 Å². The summed E-state index contributed by atoms with van der Waals surface area (Å²) in [7, 11) is 0. The molecule has 0 aliphatic carbocycles. The molecule has 0 fully saturated rings. The van der Waals surface area contributed by atoms with E-state index in [9.17, 15) is 9.90 Å². The van der Waals surface area contributed by atoms with E-state index in [-0.39, 0.29) is 12.4 Å². The van der Waals surface area contributed by atoms with Gasteiger partial charge < -0.3 is 16.6 Å². The first-order chi connectivity index (χ1) is 11.8. The second kappa shape index (κ2) is 16.8. The lowest BCUT2D eigenvalue weighted by Crippen LogP contribution is -2.65. The lowest BCUT2D eigenvalue weighted by atomic mass is 10.0. The van der Waals surface area contributed by atoms with E-state index >= 15 is 0 Å². The Labute approximate surface area is 167 Å². The van der Waals surface area contributed by atoms with E-state index in [1.807, 2.05) is 0 Å². The van der Waals surface area contributed by atoms with E-state index < -0.39 is 17.8 Å². The molecule has 5 nitrogen and oxygen atoms in total. The highest BCUT2D eigenvalue weighted by molar-refractivity contribution is 5.85. The largest absolute Gasteiger partial charge is 0.480 e. The molecule has 0 radical (unpaired) electrons. The molecule has 0 saturated carbocycles. The summed E-state index contributed by atoms with van der Waals surface area (Å²) in [5.74, 6) is -1.89. The zero-order chi connectivity index (χ0) is 19.1. The van der Waals surface area contributed by atoms with E-state index in [2.05, 4.69) is 13.8 Å². The van der Waals surface area contributed by atoms with Gasteiger partial charge in [0.15, 0.2) is 0 Å². The number of hydrogen-bond acceptors (Lipinski definition) is 4. The average Bonchev–Trinajstić information content (AvgIpc) is 2.53. The van der Waals surface area contributed by atoms with Gasteiger partial charge in [0.25, 0.3) is 0 Å². The highest BCUT2D eigenvalue weighted by atomic mass is 35.5. The molecule has 0 rings (SSSR count). The minimum Gasteiger partial charge on any atom is -0.480 e. The van der Waals surface area contributed by atoms with Crippen LogP contribution in [0.2, 0.25) is 0 Å². The number of aliphatic carboxylic acids is 1. The third kappa shape index (κ3) is 13.8. The summed E-state index contributed by atoms with van der Waals surface area (Å²) >= 11 is 0. The molecule has 0 aromatic rings. The fourth-order valence-corrected chi connectivity index (χ4v) is 3.33. The number of nitrogens with two attached hydrogens (primary N) is 2. The van der Waals surface area contributed by atoms with Crippen LogP contribution in [0.5, 0.6) is 0 Å². The van der Waals surface area contributed by atoms with Gasteiger partial charge in [0.1, 0.15) is 11.8 Å². The van der Waals surface area contributed by atoms with Crippen LogP contribution >= 0.6 is 12.4 Å². The molecule has 0 aliphatic heterocycles. The van der Waals surface area contributed by atoms with Crippen LogP contribution in [0.4, 0.5) is 0 Å². The van der Waals surface area contributed by atoms with Crippen molar-refractivity contribution in [3.63, 3.8) is 0 Å². The number of halogens is 1. The van der Waals surface area contributed by atoms with Crippen LogP contribution in [0.15, 0.2) is 0 Å². The Hall–Kier alpha value is -0.360. The van der Waals surface area contributed by atoms with Crippen molar-refractivity contribution in [1.29, 1.82) is 0 Å². The Kier molecular flexibility index (Phi) is 18.0. The van der Waals surface area contributed by atoms with Crippen molar-refractivity contribution in [3.05, 3.63) is 0 Å². The quantitative estimate of drug-likeness (QED) is 0.242. The average molecular weight is 394 g/mol. The van der Waals surface area contributed by atoms with Gasteiger partial charge in [-0.15, -0.1) is 12.4 Å². The van der Waals surface area contributed by atoms with Crippen LogP contribution in [-0.4, -0.2) is 34.3 Å². The molecule has 5 N–H and O–H groups in total. The smallest absolute Gasteiger partial charge is 0.321 e. The van der Waals surface area contributed by atoms with Crippen LogP contribution in [0.3, 0.4) is 0 Å². The standard InChI is InChI=1S/C20H43N3O2.ClH/c1-4-6-8-10-12-14-16-18(19(24)25)23(20(3,21)22)17-15-13-11-9-7-5-2;/h18H,4-17,21-22H2,1-3H3,(H,24,25);1H. The zero-order valence-electron chi connectivity index (χ0n) is 17.3. The van der Waals surface area contributed by atoms with Crippen LogP contribution < -0.4 is 11.5 Å². The number of unbranched alkanes of at least 4 members (excludes halogenated alkanes) is 10. The maximum atomic E-state index is 11.8. The molecule has 1 unspecified atom stereocenters. The molecule has 0 aromatic carbocycles. The highest BCUT2D eigenvalue weighted by Gasteiger charge is 2.33. The summed E-state index contributed by atoms with van der Waals surface area (Å²) in [5.41, 5.74) is 12.2. The van der Waals surface area contributed by atoms with E-state index in [1.54, 1.807) is 11.8 Å². The van der Waals surface area contributed by atoms with Gasteiger partial charge in [0.05, 0.1) is 0 Å². The molecule has 0 saturated heterocycles. The van der Waals surface area contributed by atoms with Crippen molar-refractivity contribution in [2.24, 2.45) is 11.5 Å². The molecule has 0 amide bonds. The fourth-order valence-electron chi connectivity index (χ4n) is 3.33. The number of carboxylic acids is 1. The Morgan fingerprint density at radius 1 is 0.885 bits per heavy atom. The molecule has 0 heterocycles. The van der Waals surface area contributed by atoms with Gasteiger partial charge >= 0.3 is 5.97 Å². The van der Waals surface area contributed by atoms with E-state index in [4.69, 9.17) is 11.5 Å². The van der Waals surface area contributed by atoms with E-state index in [0.717, 1.165) is 25.7 Å². The van der Waals surface area contributed by atoms with Crippen molar-refractivity contribution in [3.8, 4) is 0 Å². The van der Waals surface area contributed by atoms with Crippen molar-refractivity contribution < 1.29 is 9.90 Å². The number of hydrogen-bond donors (Lipinski definition) is 3. The predicted octanol–water partition coefficient (Wildman–Crippen LogP) is 4.87. The van der Waals surface area contributed by atoms with Crippen LogP contribution in [0, 0.1) is 0 Å². The van der Waals surface area contributed by atoms with Gasteiger partial charge in [-0.05, 0) is 19.8 Å². The normalized spacial score (nSPS) is 12.8. The summed E-state index contributed by atoms with van der Waals surface area (Å²) in [5, 5.41) is 9.67. The minimum atomic E-state index is -1.09. The first-order valence-electron chi connectivity index (χ1n) is 10.4. The SMILES string of the molecule is CCCCCCCCC(C(=O)O)N(CCCCCCCC)C(C)(N)N.Cl. The van der Waals surface area contributed by atoms with Crippen LogP contribution in [0.25, 0.3) is 0 Å². The van der Waals surface area contributed by atoms with Gasteiger partial charge in [0.2, 0.25) is 0 Å². The third-order valence-electron chi connectivity index (χ3n) is 4.86. The summed E-state index contributed by atoms with van der Waals surface area (Å²) in [6.45, 7) is 6.77. The van der Waals surface area contributed by atoms with Gasteiger partial charge in [0, 0.05) is 6.54 Å². The topological polar surface area (TPSA) is 92.6 Å². The van der Waals surface area contributed by atoms with Crippen molar-refractivity contribution in [2.45, 2.75) is 116 Å². The first-order valence-corrected chi connectivity index (χ1v) is 10.4. The molecule has 6 heteroatoms. The van der Waals surface area contributed by atoms with E-state index in [0.29, 0.717) is 13.0 Å².